The van der Waals surface area contributed by atoms with Crippen LogP contribution in [-0.2, 0) is 6.42 Å². The van der Waals surface area contributed by atoms with Crippen LogP contribution in [0, 0.1) is 6.92 Å². The van der Waals surface area contributed by atoms with Gasteiger partial charge in [0.15, 0.2) is 5.17 Å². The van der Waals surface area contributed by atoms with E-state index in [2.05, 4.69) is 42.6 Å². The molecule has 9 nitrogen and oxygen atoms in total. The van der Waals surface area contributed by atoms with Crippen molar-refractivity contribution in [2.75, 3.05) is 11.9 Å². The number of amidine groups is 1. The van der Waals surface area contributed by atoms with Gasteiger partial charge in [-0.3, -0.25) is 10.1 Å². The van der Waals surface area contributed by atoms with E-state index in [0.29, 0.717) is 27.5 Å². The number of hydrogen-bond acceptors (Lipinski definition) is 10. The first-order valence-electron chi connectivity index (χ1n) is 9.05. The zero-order valence-corrected chi connectivity index (χ0v) is 18.8. The molecule has 0 bridgehead atoms. The van der Waals surface area contributed by atoms with Crippen molar-refractivity contribution < 1.29 is 9.53 Å². The number of aryl methyl sites for hydroxylation is 1. The summed E-state index contributed by atoms with van der Waals surface area (Å²) in [6.07, 6.45) is 0.872. The molecule has 0 spiro atoms. The highest BCUT2D eigenvalue weighted by molar-refractivity contribution is 8.13. The molecule has 1 amide bonds. The molecule has 0 saturated heterocycles. The van der Waals surface area contributed by atoms with Gasteiger partial charge in [-0.2, -0.15) is 9.47 Å². The monoisotopic (exact) mass is 471 g/mol. The number of anilines is 1. The summed E-state index contributed by atoms with van der Waals surface area (Å²) in [6, 6.07) is 9.60. The molecule has 3 N–H and O–H groups in total. The number of hydrogen-bond donors (Lipinski definition) is 2. The van der Waals surface area contributed by atoms with Crippen LogP contribution < -0.4 is 15.8 Å². The van der Waals surface area contributed by atoms with Crippen LogP contribution in [0.2, 0.25) is 0 Å². The van der Waals surface area contributed by atoms with Crippen molar-refractivity contribution in [3.63, 3.8) is 0 Å². The second-order valence-corrected chi connectivity index (χ2v) is 9.16. The standard InChI is InChI=1S/C19H17N7O2S3/c1-10-22-19(31-26-10)24-17(27)16-14(5-6-15(23-16)30-18(20)25-21-2)29-12-3-4-13-11(9-12)7-8-28-13/h3-6,9H,2,7-8H2,1H3,(H2,20,25)(H,22,24,26,27). The summed E-state index contributed by atoms with van der Waals surface area (Å²) in [5, 5.41) is 10.9. The topological polar surface area (TPSA) is 128 Å². The summed E-state index contributed by atoms with van der Waals surface area (Å²) in [4.78, 5) is 23.4. The lowest BCUT2D eigenvalue weighted by Gasteiger charge is -2.10. The first kappa shape index (κ1) is 21.3. The molecule has 0 atom stereocenters. The first-order chi connectivity index (χ1) is 15.0. The van der Waals surface area contributed by atoms with Gasteiger partial charge in [0.1, 0.15) is 22.3 Å². The number of rotatable bonds is 6. The van der Waals surface area contributed by atoms with Gasteiger partial charge in [-0.1, -0.05) is 11.8 Å². The number of nitrogens with zero attached hydrogens (tertiary/aromatic N) is 5. The third-order valence-electron chi connectivity index (χ3n) is 4.06. The predicted molar refractivity (Wildman–Crippen MR) is 124 cm³/mol. The summed E-state index contributed by atoms with van der Waals surface area (Å²) in [6.45, 7) is 5.73. The van der Waals surface area contributed by atoms with Gasteiger partial charge in [0.05, 0.1) is 6.61 Å². The van der Waals surface area contributed by atoms with Crippen LogP contribution in [0.4, 0.5) is 5.13 Å². The minimum absolute atomic E-state index is 0.174. The van der Waals surface area contributed by atoms with Gasteiger partial charge >= 0.3 is 0 Å². The Morgan fingerprint density at radius 3 is 2.97 bits per heavy atom. The minimum atomic E-state index is -0.386. The Hall–Kier alpha value is -2.96. The van der Waals surface area contributed by atoms with Crippen LogP contribution in [0.25, 0.3) is 0 Å². The number of fused-ring (bicyclic) bond motifs is 1. The largest absolute Gasteiger partial charge is 0.493 e. The zero-order chi connectivity index (χ0) is 21.8. The molecule has 1 aliphatic heterocycles. The van der Waals surface area contributed by atoms with Gasteiger partial charge in [-0.05, 0) is 54.6 Å². The number of nitrogens with one attached hydrogen (secondary N) is 1. The van der Waals surface area contributed by atoms with E-state index in [4.69, 9.17) is 10.5 Å². The van der Waals surface area contributed by atoms with Gasteiger partial charge in [0.25, 0.3) is 5.91 Å². The maximum Gasteiger partial charge on any atom is 0.277 e. The molecule has 158 valence electrons. The SMILES string of the molecule is C=N/N=C(\N)Sc1ccc(Sc2ccc3c(c2)CCO3)c(C(=O)Nc2nc(C)ns2)n1. The van der Waals surface area contributed by atoms with E-state index in [0.717, 1.165) is 45.9 Å². The van der Waals surface area contributed by atoms with Crippen LogP contribution >= 0.6 is 35.1 Å². The average Bonchev–Trinajstić information content (AvgIpc) is 3.37. The number of thioether (sulfide) groups is 1. The number of carbonyl (C=O) groups excluding carboxylic acids is 1. The van der Waals surface area contributed by atoms with Crippen molar-refractivity contribution in [2.45, 2.75) is 28.2 Å². The third-order valence-corrected chi connectivity index (χ3v) is 6.55. The normalized spacial score (nSPS) is 12.9. The number of ether oxygens (including phenoxy) is 1. The molecule has 4 rings (SSSR count). The lowest BCUT2D eigenvalue weighted by atomic mass is 10.2. The lowest BCUT2D eigenvalue weighted by molar-refractivity contribution is 0.101. The van der Waals surface area contributed by atoms with Crippen molar-refractivity contribution in [2.24, 2.45) is 15.9 Å². The number of benzene rings is 1. The van der Waals surface area contributed by atoms with E-state index in [1.807, 2.05) is 18.2 Å². The highest BCUT2D eigenvalue weighted by Gasteiger charge is 2.19. The van der Waals surface area contributed by atoms with Crippen LogP contribution in [0.5, 0.6) is 5.75 Å². The summed E-state index contributed by atoms with van der Waals surface area (Å²) >= 11 is 3.66. The fourth-order valence-electron chi connectivity index (χ4n) is 2.79. The second-order valence-electron chi connectivity index (χ2n) is 6.25. The Kier molecular flexibility index (Phi) is 6.49. The number of nitrogens with two attached hydrogens (primary N) is 1. The highest BCUT2D eigenvalue weighted by atomic mass is 32.2. The van der Waals surface area contributed by atoms with Gasteiger partial charge in [-0.25, -0.2) is 9.97 Å². The summed E-state index contributed by atoms with van der Waals surface area (Å²) in [7, 11) is 0. The molecular formula is C19H17N7O2S3. The molecule has 3 aromatic rings. The van der Waals surface area contributed by atoms with Crippen molar-refractivity contribution in [1.82, 2.24) is 14.3 Å². The fraction of sp³-hybridized carbons (Fsp3) is 0.158. The molecule has 0 aliphatic carbocycles. The molecule has 1 aromatic carbocycles. The minimum Gasteiger partial charge on any atom is -0.493 e. The maximum atomic E-state index is 13.0. The molecular weight excluding hydrogens is 454 g/mol. The van der Waals surface area contributed by atoms with Crippen LogP contribution in [0.15, 0.2) is 55.4 Å². The Morgan fingerprint density at radius 1 is 1.32 bits per heavy atom. The molecule has 0 fully saturated rings. The molecule has 0 unspecified atom stereocenters. The summed E-state index contributed by atoms with van der Waals surface area (Å²) < 4.78 is 9.66. The highest BCUT2D eigenvalue weighted by Crippen LogP contribution is 2.36. The Morgan fingerprint density at radius 2 is 2.19 bits per heavy atom. The summed E-state index contributed by atoms with van der Waals surface area (Å²) in [5.74, 6) is 1.11. The van der Waals surface area contributed by atoms with E-state index in [1.165, 1.54) is 11.8 Å². The maximum absolute atomic E-state index is 13.0. The Labute approximate surface area is 190 Å². The molecule has 2 aromatic heterocycles. The lowest BCUT2D eigenvalue weighted by Crippen LogP contribution is -2.16. The van der Waals surface area contributed by atoms with Crippen molar-refractivity contribution >= 4 is 58.0 Å². The van der Waals surface area contributed by atoms with Crippen molar-refractivity contribution in [3.05, 3.63) is 47.4 Å². The Bertz CT molecular complexity index is 1180. The molecule has 0 saturated carbocycles. The van der Waals surface area contributed by atoms with E-state index in [1.54, 1.807) is 13.0 Å². The number of carbonyl (C=O) groups is 1. The van der Waals surface area contributed by atoms with Crippen LogP contribution in [-0.4, -0.2) is 38.7 Å². The predicted octanol–water partition coefficient (Wildman–Crippen LogP) is 3.60. The van der Waals surface area contributed by atoms with E-state index < -0.39 is 0 Å². The first-order valence-corrected chi connectivity index (χ1v) is 11.5. The fourth-order valence-corrected chi connectivity index (χ4v) is 4.90. The number of pyridine rings is 1. The molecule has 0 radical (unpaired) electrons. The van der Waals surface area contributed by atoms with Crippen LogP contribution in [0.3, 0.4) is 0 Å². The molecule has 1 aliphatic rings. The van der Waals surface area contributed by atoms with E-state index in [9.17, 15) is 4.79 Å². The van der Waals surface area contributed by atoms with Gasteiger partial charge in [-0.15, -0.1) is 5.10 Å². The van der Waals surface area contributed by atoms with Crippen LogP contribution in [0.1, 0.15) is 21.9 Å². The molecule has 31 heavy (non-hydrogen) atoms. The second kappa shape index (κ2) is 9.45. The number of aromatic nitrogens is 3. The smallest absolute Gasteiger partial charge is 0.277 e. The van der Waals surface area contributed by atoms with E-state index >= 15 is 0 Å². The quantitative estimate of drug-likeness (QED) is 0.242. The van der Waals surface area contributed by atoms with E-state index in [-0.39, 0.29) is 16.8 Å². The summed E-state index contributed by atoms with van der Waals surface area (Å²) in [5.41, 5.74) is 7.19. The zero-order valence-electron chi connectivity index (χ0n) is 16.4. The van der Waals surface area contributed by atoms with Crippen molar-refractivity contribution in [3.8, 4) is 5.75 Å². The average molecular weight is 472 g/mol. The Balaban J connectivity index is 1.64. The van der Waals surface area contributed by atoms with Crippen molar-refractivity contribution in [1.29, 1.82) is 0 Å². The third kappa shape index (κ3) is 5.21. The number of amides is 1. The van der Waals surface area contributed by atoms with Gasteiger partial charge < -0.3 is 10.5 Å². The molecule has 12 heteroatoms. The van der Waals surface area contributed by atoms with Gasteiger partial charge in [0, 0.05) is 34.5 Å². The van der Waals surface area contributed by atoms with Gasteiger partial charge in [0.2, 0.25) is 5.13 Å². The molecule has 3 heterocycles.